The van der Waals surface area contributed by atoms with E-state index in [0.717, 1.165) is 16.5 Å². The van der Waals surface area contributed by atoms with Gasteiger partial charge in [0.05, 0.1) is 21.5 Å². The van der Waals surface area contributed by atoms with Gasteiger partial charge in [-0.15, -0.1) is 0 Å². The zero-order valence-electron chi connectivity index (χ0n) is 18.1. The first-order chi connectivity index (χ1) is 16.2. The Labute approximate surface area is 192 Å². The van der Waals surface area contributed by atoms with Crippen LogP contribution in [0, 0.1) is 24.0 Å². The van der Waals surface area contributed by atoms with Crippen LogP contribution in [0.2, 0.25) is 0 Å². The number of nitro benzene ring substituents is 1. The van der Waals surface area contributed by atoms with Crippen LogP contribution < -0.4 is 4.90 Å². The summed E-state index contributed by atoms with van der Waals surface area (Å²) in [5.41, 5.74) is 1.75. The van der Waals surface area contributed by atoms with Gasteiger partial charge in [-0.25, -0.2) is 4.98 Å². The number of nitro groups is 1. The molecule has 4 aromatic rings. The first-order valence-corrected chi connectivity index (χ1v) is 10.3. The van der Waals surface area contributed by atoms with Crippen LogP contribution in [0.15, 0.2) is 64.6 Å². The number of amides is 1. The van der Waals surface area contributed by atoms with E-state index in [9.17, 15) is 24.8 Å². The van der Waals surface area contributed by atoms with Gasteiger partial charge in [0.25, 0.3) is 11.5 Å². The molecule has 1 aliphatic rings. The van der Waals surface area contributed by atoms with Crippen molar-refractivity contribution < 1.29 is 24.0 Å². The lowest BCUT2D eigenvalue weighted by Crippen LogP contribution is -2.30. The number of anilines is 1. The summed E-state index contributed by atoms with van der Waals surface area (Å²) in [6.45, 7) is 3.62. The van der Waals surface area contributed by atoms with Crippen LogP contribution in [0.3, 0.4) is 0 Å². The van der Waals surface area contributed by atoms with E-state index in [2.05, 4.69) is 9.97 Å². The molecule has 5 rings (SSSR count). The Kier molecular flexibility index (Phi) is 4.78. The molecule has 0 spiro atoms. The van der Waals surface area contributed by atoms with Crippen LogP contribution in [0.4, 0.5) is 11.6 Å². The number of aliphatic hydroxyl groups excluding tert-OH is 1. The number of ketones is 1. The summed E-state index contributed by atoms with van der Waals surface area (Å²) < 4.78 is 5.75. The zero-order valence-corrected chi connectivity index (χ0v) is 18.1. The van der Waals surface area contributed by atoms with Crippen molar-refractivity contribution in [2.24, 2.45) is 0 Å². The molecule has 1 unspecified atom stereocenters. The first-order valence-electron chi connectivity index (χ1n) is 10.3. The number of H-pyrrole nitrogens is 1. The Morgan fingerprint density at radius 3 is 2.65 bits per heavy atom. The van der Waals surface area contributed by atoms with E-state index in [1.54, 1.807) is 25.1 Å². The van der Waals surface area contributed by atoms with E-state index in [1.165, 1.54) is 18.2 Å². The average molecular weight is 458 g/mol. The Morgan fingerprint density at radius 2 is 1.94 bits per heavy atom. The summed E-state index contributed by atoms with van der Waals surface area (Å²) in [7, 11) is 0. The number of hydrogen-bond acceptors (Lipinski definition) is 7. The molecular formula is C24H18N4O6. The van der Waals surface area contributed by atoms with Crippen LogP contribution in [-0.2, 0) is 9.59 Å². The molecule has 0 bridgehead atoms. The highest BCUT2D eigenvalue weighted by Crippen LogP contribution is 2.42. The summed E-state index contributed by atoms with van der Waals surface area (Å²) in [6.07, 6.45) is 0. The number of aromatic amines is 1. The molecule has 2 aromatic heterocycles. The van der Waals surface area contributed by atoms with Crippen LogP contribution in [0.1, 0.15) is 28.7 Å². The number of fused-ring (bicyclic) bond motifs is 1. The molecule has 3 heterocycles. The second-order valence-electron chi connectivity index (χ2n) is 8.01. The highest BCUT2D eigenvalue weighted by molar-refractivity contribution is 6.51. The minimum atomic E-state index is -1.13. The number of benzene rings is 2. The quantitative estimate of drug-likeness (QED) is 0.152. The SMILES string of the molecule is Cc1ccc2nc(N3C(=O)C(=O)/C(=C(/O)c4cccc([N+](=O)[O-])c4)C3c3ccc(C)o3)[nH]c2c1. The van der Waals surface area contributed by atoms with Crippen LogP contribution in [0.5, 0.6) is 0 Å². The number of hydrogen-bond donors (Lipinski definition) is 2. The summed E-state index contributed by atoms with van der Waals surface area (Å²) in [6, 6.07) is 12.9. The normalized spacial score (nSPS) is 17.6. The summed E-state index contributed by atoms with van der Waals surface area (Å²) in [5, 5.41) is 22.3. The number of furan rings is 1. The molecule has 2 N–H and O–H groups in total. The number of non-ortho nitro benzene ring substituents is 1. The maximum Gasteiger partial charge on any atom is 0.302 e. The number of carbonyl (C=O) groups is 2. The molecule has 1 atom stereocenters. The lowest BCUT2D eigenvalue weighted by atomic mass is 9.99. The van der Waals surface area contributed by atoms with Gasteiger partial charge in [0.15, 0.2) is 0 Å². The van der Waals surface area contributed by atoms with Gasteiger partial charge >= 0.3 is 5.91 Å². The van der Waals surface area contributed by atoms with Crippen molar-refractivity contribution in [3.8, 4) is 0 Å². The Hall–Kier alpha value is -4.73. The molecule has 2 aromatic carbocycles. The number of aliphatic hydroxyl groups is 1. The van der Waals surface area contributed by atoms with Crippen LogP contribution in [0.25, 0.3) is 16.8 Å². The zero-order chi connectivity index (χ0) is 24.1. The van der Waals surface area contributed by atoms with Crippen molar-refractivity contribution in [1.82, 2.24) is 9.97 Å². The van der Waals surface area contributed by atoms with E-state index < -0.39 is 28.4 Å². The molecule has 170 valence electrons. The van der Waals surface area contributed by atoms with Crippen LogP contribution in [-0.4, -0.2) is 31.7 Å². The third kappa shape index (κ3) is 3.32. The first kappa shape index (κ1) is 21.1. The number of carbonyl (C=O) groups excluding carboxylic acids is 2. The monoisotopic (exact) mass is 458 g/mol. The van der Waals surface area contributed by atoms with Gasteiger partial charge in [0, 0.05) is 17.7 Å². The molecule has 1 saturated heterocycles. The Bertz CT molecular complexity index is 1530. The highest BCUT2D eigenvalue weighted by atomic mass is 16.6. The number of imidazole rings is 1. The maximum atomic E-state index is 13.2. The lowest BCUT2D eigenvalue weighted by Gasteiger charge is -2.20. The fourth-order valence-corrected chi connectivity index (χ4v) is 4.07. The number of nitrogens with zero attached hydrogens (tertiary/aromatic N) is 3. The van der Waals surface area contributed by atoms with Crippen molar-refractivity contribution in [3.05, 3.63) is 92.9 Å². The molecule has 1 amide bonds. The number of aryl methyl sites for hydroxylation is 2. The summed E-state index contributed by atoms with van der Waals surface area (Å²) in [5.74, 6) is -1.53. The Morgan fingerprint density at radius 1 is 1.15 bits per heavy atom. The van der Waals surface area contributed by atoms with Crippen molar-refractivity contribution >= 4 is 40.1 Å². The standard InChI is InChI=1S/C24H18N4O6/c1-12-6-8-16-17(10-12)26-24(25-16)27-20(18-9-7-13(2)34-18)19(22(30)23(27)31)21(29)14-4-3-5-15(11-14)28(32)33/h3-11,20,29H,1-2H3,(H,25,26)/b21-19+. The van der Waals surface area contributed by atoms with Gasteiger partial charge in [-0.3, -0.25) is 24.6 Å². The third-order valence-corrected chi connectivity index (χ3v) is 5.66. The van der Waals surface area contributed by atoms with Crippen molar-refractivity contribution in [2.45, 2.75) is 19.9 Å². The van der Waals surface area contributed by atoms with E-state index in [4.69, 9.17) is 4.42 Å². The number of nitrogens with one attached hydrogen (secondary N) is 1. The predicted molar refractivity (Wildman–Crippen MR) is 122 cm³/mol. The predicted octanol–water partition coefficient (Wildman–Crippen LogP) is 4.31. The summed E-state index contributed by atoms with van der Waals surface area (Å²) in [4.78, 5) is 45.6. The topological polar surface area (TPSA) is 143 Å². The van der Waals surface area contributed by atoms with Gasteiger partial charge in [-0.2, -0.15) is 0 Å². The Balaban J connectivity index is 1.72. The minimum Gasteiger partial charge on any atom is -0.507 e. The largest absolute Gasteiger partial charge is 0.507 e. The minimum absolute atomic E-state index is 0.0284. The van der Waals surface area contributed by atoms with Gasteiger partial charge in [0.1, 0.15) is 23.3 Å². The number of aromatic nitrogens is 2. The van der Waals surface area contributed by atoms with E-state index in [-0.39, 0.29) is 28.5 Å². The van der Waals surface area contributed by atoms with Gasteiger partial charge in [0.2, 0.25) is 5.95 Å². The van der Waals surface area contributed by atoms with Gasteiger partial charge in [-0.1, -0.05) is 18.2 Å². The smallest absolute Gasteiger partial charge is 0.302 e. The lowest BCUT2D eigenvalue weighted by molar-refractivity contribution is -0.384. The highest BCUT2D eigenvalue weighted by Gasteiger charge is 2.49. The van der Waals surface area contributed by atoms with E-state index in [1.807, 2.05) is 19.1 Å². The van der Waals surface area contributed by atoms with Crippen molar-refractivity contribution in [2.75, 3.05) is 4.90 Å². The second-order valence-corrected chi connectivity index (χ2v) is 8.01. The van der Waals surface area contributed by atoms with Crippen molar-refractivity contribution in [3.63, 3.8) is 0 Å². The van der Waals surface area contributed by atoms with Crippen molar-refractivity contribution in [1.29, 1.82) is 0 Å². The molecule has 1 aliphatic heterocycles. The fourth-order valence-electron chi connectivity index (χ4n) is 4.07. The summed E-state index contributed by atoms with van der Waals surface area (Å²) >= 11 is 0. The molecule has 0 radical (unpaired) electrons. The second kappa shape index (κ2) is 7.69. The molecule has 10 heteroatoms. The molecular weight excluding hydrogens is 440 g/mol. The number of rotatable bonds is 4. The molecule has 34 heavy (non-hydrogen) atoms. The average Bonchev–Trinajstić information content (AvgIpc) is 3.49. The molecule has 0 aliphatic carbocycles. The number of Topliss-reactive ketones (excluding diaryl/α,β-unsaturated/α-hetero) is 1. The van der Waals surface area contributed by atoms with Gasteiger partial charge in [-0.05, 0) is 43.7 Å². The van der Waals surface area contributed by atoms with E-state index >= 15 is 0 Å². The molecule has 10 nitrogen and oxygen atoms in total. The fraction of sp³-hybridized carbons (Fsp3) is 0.125. The van der Waals surface area contributed by atoms with E-state index in [0.29, 0.717) is 16.8 Å². The van der Waals surface area contributed by atoms with Crippen LogP contribution >= 0.6 is 0 Å². The maximum absolute atomic E-state index is 13.2. The van der Waals surface area contributed by atoms with Gasteiger partial charge < -0.3 is 14.5 Å². The molecule has 0 saturated carbocycles. The third-order valence-electron chi connectivity index (χ3n) is 5.66. The molecule has 1 fully saturated rings.